The number of aromatic amines is 1. The Labute approximate surface area is 246 Å². The van der Waals surface area contributed by atoms with Gasteiger partial charge in [0.25, 0.3) is 0 Å². The Morgan fingerprint density at radius 2 is 1.52 bits per heavy atom. The van der Waals surface area contributed by atoms with Gasteiger partial charge in [-0.15, -0.1) is 0 Å². The van der Waals surface area contributed by atoms with Gasteiger partial charge in [0, 0.05) is 55.0 Å². The van der Waals surface area contributed by atoms with Gasteiger partial charge in [-0.3, -0.25) is 9.89 Å². The number of nitrogens with one attached hydrogen (secondary N) is 1. The summed E-state index contributed by atoms with van der Waals surface area (Å²) in [6.07, 6.45) is -5.77. The molecule has 2 aromatic heterocycles. The Bertz CT molecular complexity index is 1400. The fraction of sp³-hybridized carbons (Fsp3) is 0.370. The molecule has 1 aliphatic heterocycles. The van der Waals surface area contributed by atoms with Crippen LogP contribution in [0.15, 0.2) is 42.6 Å². The Hall–Kier alpha value is -4.83. The minimum atomic E-state index is -5.08. The molecular formula is C27H28F6N4O7. The highest BCUT2D eigenvalue weighted by Gasteiger charge is 2.38. The number of pyridine rings is 1. The molecule has 3 aromatic rings. The topological polar surface area (TPSA) is 155 Å². The van der Waals surface area contributed by atoms with Crippen molar-refractivity contribution >= 4 is 17.8 Å². The highest BCUT2D eigenvalue weighted by molar-refractivity contribution is 5.77. The second kappa shape index (κ2) is 15.6. The first-order valence-electron chi connectivity index (χ1n) is 12.6. The van der Waals surface area contributed by atoms with Crippen molar-refractivity contribution in [3.8, 4) is 22.9 Å². The lowest BCUT2D eigenvalue weighted by Crippen LogP contribution is -2.33. The van der Waals surface area contributed by atoms with Crippen molar-refractivity contribution in [1.82, 2.24) is 20.1 Å². The average Bonchev–Trinajstić information content (AvgIpc) is 3.25. The Morgan fingerprint density at radius 3 is 2.09 bits per heavy atom. The van der Waals surface area contributed by atoms with Crippen LogP contribution in [0, 0.1) is 0 Å². The van der Waals surface area contributed by atoms with Gasteiger partial charge in [0.05, 0.1) is 19.9 Å². The number of H-pyrrole nitrogens is 1. The number of aromatic nitrogens is 3. The number of halogens is 6. The molecule has 1 aromatic carbocycles. The van der Waals surface area contributed by atoms with Gasteiger partial charge >= 0.3 is 24.3 Å². The first-order valence-corrected chi connectivity index (χ1v) is 12.6. The van der Waals surface area contributed by atoms with Crippen molar-refractivity contribution in [3.63, 3.8) is 0 Å². The number of aryl methyl sites for hydroxylation is 1. The van der Waals surface area contributed by atoms with E-state index in [1.807, 2.05) is 41.3 Å². The minimum absolute atomic E-state index is 0.169. The second-order valence-corrected chi connectivity index (χ2v) is 8.92. The van der Waals surface area contributed by atoms with Gasteiger partial charge < -0.3 is 24.6 Å². The van der Waals surface area contributed by atoms with Crippen LogP contribution < -0.4 is 9.47 Å². The van der Waals surface area contributed by atoms with Crippen molar-refractivity contribution in [2.24, 2.45) is 0 Å². The lowest BCUT2D eigenvalue weighted by Gasteiger charge is -2.20. The number of aliphatic carboxylic acids is 2. The Morgan fingerprint density at radius 1 is 0.932 bits per heavy atom. The number of alkyl halides is 6. The molecule has 0 bridgehead atoms. The molecule has 0 saturated carbocycles. The molecule has 0 fully saturated rings. The fourth-order valence-electron chi connectivity index (χ4n) is 3.92. The summed E-state index contributed by atoms with van der Waals surface area (Å²) in [5.74, 6) is -3.97. The molecule has 0 saturated heterocycles. The summed E-state index contributed by atoms with van der Waals surface area (Å²) in [4.78, 5) is 36.7. The number of carbonyl (C=O) groups excluding carboxylic acids is 1. The van der Waals surface area contributed by atoms with Crippen LogP contribution in [0.3, 0.4) is 0 Å². The van der Waals surface area contributed by atoms with E-state index in [1.54, 1.807) is 20.4 Å². The maximum Gasteiger partial charge on any atom is 0.490 e. The van der Waals surface area contributed by atoms with E-state index in [0.717, 1.165) is 41.1 Å². The van der Waals surface area contributed by atoms with Crippen molar-refractivity contribution in [1.29, 1.82) is 0 Å². The number of methoxy groups -OCH3 is 2. The summed E-state index contributed by atoms with van der Waals surface area (Å²) in [6, 6.07) is 11.7. The maximum atomic E-state index is 12.8. The van der Waals surface area contributed by atoms with Crippen LogP contribution in [0.25, 0.3) is 11.3 Å². The average molecular weight is 635 g/mol. The van der Waals surface area contributed by atoms with Crippen LogP contribution >= 0.6 is 0 Å². The molecule has 4 rings (SSSR count). The second-order valence-electron chi connectivity index (χ2n) is 8.92. The molecule has 0 radical (unpaired) electrons. The number of benzene rings is 1. The molecule has 11 nitrogen and oxygen atoms in total. The number of carbonyl (C=O) groups is 3. The normalized spacial score (nSPS) is 12.8. The van der Waals surface area contributed by atoms with Crippen LogP contribution in [-0.2, 0) is 33.6 Å². The van der Waals surface area contributed by atoms with E-state index in [0.29, 0.717) is 31.8 Å². The quantitative estimate of drug-likeness (QED) is 0.337. The van der Waals surface area contributed by atoms with Gasteiger partial charge in [-0.2, -0.15) is 31.4 Å². The van der Waals surface area contributed by atoms with E-state index < -0.39 is 24.3 Å². The zero-order valence-corrected chi connectivity index (χ0v) is 23.3. The predicted octanol–water partition coefficient (Wildman–Crippen LogP) is 4.32. The zero-order chi connectivity index (χ0) is 33.1. The van der Waals surface area contributed by atoms with E-state index in [1.165, 1.54) is 5.56 Å². The summed E-state index contributed by atoms with van der Waals surface area (Å²) in [5, 5.41) is 22.0. The third-order valence-electron chi connectivity index (χ3n) is 6.05. The van der Waals surface area contributed by atoms with Crippen LogP contribution in [-0.4, -0.2) is 87.8 Å². The molecule has 3 heterocycles. The van der Waals surface area contributed by atoms with Gasteiger partial charge in [-0.05, 0) is 36.6 Å². The van der Waals surface area contributed by atoms with Gasteiger partial charge in [0.2, 0.25) is 11.8 Å². The van der Waals surface area contributed by atoms with E-state index >= 15 is 0 Å². The number of ether oxygens (including phenoxy) is 2. The highest BCUT2D eigenvalue weighted by atomic mass is 19.4. The SMILES string of the molecule is COc1cc(CCC(=O)N2CCc3[nH]nc(-c4ccccc4OC)c3CC2)ccn1.O=C(O)C(F)(F)F.O=C(O)C(F)(F)F. The summed E-state index contributed by atoms with van der Waals surface area (Å²) < 4.78 is 74.1. The van der Waals surface area contributed by atoms with Crippen molar-refractivity contribution in [2.75, 3.05) is 27.3 Å². The Kier molecular flexibility index (Phi) is 12.5. The van der Waals surface area contributed by atoms with Gasteiger partial charge in [0.1, 0.15) is 5.75 Å². The fourth-order valence-corrected chi connectivity index (χ4v) is 3.92. The van der Waals surface area contributed by atoms with Crippen LogP contribution in [0.4, 0.5) is 26.3 Å². The van der Waals surface area contributed by atoms with Crippen molar-refractivity contribution < 1.29 is 60.4 Å². The van der Waals surface area contributed by atoms with Crippen molar-refractivity contribution in [2.45, 2.75) is 38.0 Å². The van der Waals surface area contributed by atoms with E-state index in [2.05, 4.69) is 15.2 Å². The number of carboxylic acid groups (broad SMARTS) is 2. The molecule has 44 heavy (non-hydrogen) atoms. The number of fused-ring (bicyclic) bond motifs is 1. The van der Waals surface area contributed by atoms with E-state index in [4.69, 9.17) is 29.3 Å². The van der Waals surface area contributed by atoms with E-state index in [9.17, 15) is 31.1 Å². The minimum Gasteiger partial charge on any atom is -0.496 e. The van der Waals surface area contributed by atoms with Gasteiger partial charge in [-0.25, -0.2) is 14.6 Å². The third kappa shape index (κ3) is 10.5. The highest BCUT2D eigenvalue weighted by Crippen LogP contribution is 2.33. The molecule has 1 aliphatic rings. The van der Waals surface area contributed by atoms with Gasteiger partial charge in [-0.1, -0.05) is 12.1 Å². The largest absolute Gasteiger partial charge is 0.496 e. The molecule has 0 atom stereocenters. The monoisotopic (exact) mass is 634 g/mol. The predicted molar refractivity (Wildman–Crippen MR) is 141 cm³/mol. The molecule has 1 amide bonds. The number of amides is 1. The van der Waals surface area contributed by atoms with Crippen molar-refractivity contribution in [3.05, 3.63) is 59.4 Å². The van der Waals surface area contributed by atoms with E-state index in [-0.39, 0.29) is 5.91 Å². The molecule has 0 aliphatic carbocycles. The Balaban J connectivity index is 0.000000402. The summed E-state index contributed by atoms with van der Waals surface area (Å²) in [5.41, 5.74) is 5.22. The maximum absolute atomic E-state index is 12.8. The lowest BCUT2D eigenvalue weighted by molar-refractivity contribution is -0.193. The zero-order valence-electron chi connectivity index (χ0n) is 23.3. The summed E-state index contributed by atoms with van der Waals surface area (Å²) >= 11 is 0. The number of para-hydroxylation sites is 1. The van der Waals surface area contributed by atoms with Crippen LogP contribution in [0.5, 0.6) is 11.6 Å². The van der Waals surface area contributed by atoms with Crippen LogP contribution in [0.2, 0.25) is 0 Å². The van der Waals surface area contributed by atoms with Gasteiger partial charge in [0.15, 0.2) is 0 Å². The number of carboxylic acids is 2. The molecule has 0 spiro atoms. The molecule has 240 valence electrons. The summed E-state index contributed by atoms with van der Waals surface area (Å²) in [7, 11) is 3.26. The number of nitrogens with zero attached hydrogens (tertiary/aromatic N) is 3. The van der Waals surface area contributed by atoms with Crippen LogP contribution in [0.1, 0.15) is 23.2 Å². The number of hydrogen-bond donors (Lipinski definition) is 3. The number of hydrogen-bond acceptors (Lipinski definition) is 7. The molecule has 17 heteroatoms. The first kappa shape index (κ1) is 35.4. The molecule has 3 N–H and O–H groups in total. The molecule has 0 unspecified atom stereocenters. The number of rotatable bonds is 6. The lowest BCUT2D eigenvalue weighted by atomic mass is 10.0. The third-order valence-corrected chi connectivity index (χ3v) is 6.05. The first-order chi connectivity index (χ1) is 20.6. The molecular weight excluding hydrogens is 606 g/mol. The standard InChI is InChI=1S/C23H26N4O3.2C2HF3O2/c1-29-20-6-4-3-5-18(20)23-17-10-13-27(14-11-19(17)25-26-23)22(28)8-7-16-9-12-24-21(15-16)30-2;2*3-2(4,5)1(6)7/h3-6,9,12,15H,7-8,10-11,13-14H2,1-2H3,(H,25,26);2*(H,6,7). The smallest absolute Gasteiger partial charge is 0.490 e. The summed E-state index contributed by atoms with van der Waals surface area (Å²) in [6.45, 7) is 1.38.